The monoisotopic (exact) mass is 313 g/mol. The van der Waals surface area contributed by atoms with Crippen molar-refractivity contribution in [3.05, 3.63) is 54.2 Å². The van der Waals surface area contributed by atoms with Crippen molar-refractivity contribution in [1.82, 2.24) is 10.2 Å². The minimum atomic E-state index is -3.57. The molecule has 3 aromatic rings. The van der Waals surface area contributed by atoms with Gasteiger partial charge >= 0.3 is 0 Å². The second-order valence-electron chi connectivity index (χ2n) is 5.62. The molecule has 0 atom stereocenters. The molecular formula is C16H15N3O2S. The van der Waals surface area contributed by atoms with Gasteiger partial charge in [0.15, 0.2) is 0 Å². The Morgan fingerprint density at radius 2 is 1.86 bits per heavy atom. The van der Waals surface area contributed by atoms with Gasteiger partial charge in [-0.25, -0.2) is 8.42 Å². The van der Waals surface area contributed by atoms with Crippen LogP contribution < -0.4 is 4.72 Å². The molecule has 112 valence electrons. The highest BCUT2D eigenvalue weighted by atomic mass is 32.2. The van der Waals surface area contributed by atoms with Gasteiger partial charge in [-0.2, -0.15) is 5.10 Å². The number of aromatic amines is 1. The molecule has 0 radical (unpaired) electrons. The van der Waals surface area contributed by atoms with Gasteiger partial charge in [-0.3, -0.25) is 9.82 Å². The highest BCUT2D eigenvalue weighted by Crippen LogP contribution is 2.40. The SMILES string of the molecule is O=S(=O)(Nc1ccc2[nH]ncc2c1)c1ccc(C2CC2)cc1. The predicted octanol–water partition coefficient (Wildman–Crippen LogP) is 3.24. The maximum atomic E-state index is 12.4. The quantitative estimate of drug-likeness (QED) is 0.776. The summed E-state index contributed by atoms with van der Waals surface area (Å²) in [5, 5.41) is 7.63. The lowest BCUT2D eigenvalue weighted by molar-refractivity contribution is 0.601. The highest BCUT2D eigenvalue weighted by molar-refractivity contribution is 7.92. The molecule has 4 rings (SSSR count). The van der Waals surface area contributed by atoms with Crippen LogP contribution in [-0.4, -0.2) is 18.6 Å². The molecule has 1 aliphatic carbocycles. The fourth-order valence-corrected chi connectivity index (χ4v) is 3.61. The van der Waals surface area contributed by atoms with Crippen molar-refractivity contribution >= 4 is 26.6 Å². The zero-order chi connectivity index (χ0) is 15.2. The number of fused-ring (bicyclic) bond motifs is 1. The minimum absolute atomic E-state index is 0.282. The van der Waals surface area contributed by atoms with Crippen LogP contribution in [0.2, 0.25) is 0 Å². The van der Waals surface area contributed by atoms with Gasteiger partial charge in [-0.1, -0.05) is 12.1 Å². The van der Waals surface area contributed by atoms with E-state index in [-0.39, 0.29) is 4.90 Å². The summed E-state index contributed by atoms with van der Waals surface area (Å²) in [4.78, 5) is 0.282. The Morgan fingerprint density at radius 3 is 2.59 bits per heavy atom. The molecule has 0 unspecified atom stereocenters. The normalized spacial score (nSPS) is 15.1. The summed E-state index contributed by atoms with van der Waals surface area (Å²) >= 11 is 0. The van der Waals surface area contributed by atoms with Gasteiger partial charge < -0.3 is 0 Å². The molecular weight excluding hydrogens is 298 g/mol. The summed E-state index contributed by atoms with van der Waals surface area (Å²) in [7, 11) is -3.57. The molecule has 1 aromatic heterocycles. The lowest BCUT2D eigenvalue weighted by Crippen LogP contribution is -2.12. The molecule has 0 saturated heterocycles. The average molecular weight is 313 g/mol. The van der Waals surface area contributed by atoms with Gasteiger partial charge in [0.2, 0.25) is 0 Å². The molecule has 1 aliphatic rings. The van der Waals surface area contributed by atoms with E-state index in [1.807, 2.05) is 12.1 Å². The number of aromatic nitrogens is 2. The average Bonchev–Trinajstić information content (AvgIpc) is 3.26. The van der Waals surface area contributed by atoms with Crippen molar-refractivity contribution < 1.29 is 8.42 Å². The van der Waals surface area contributed by atoms with Crippen molar-refractivity contribution in [2.75, 3.05) is 4.72 Å². The largest absolute Gasteiger partial charge is 0.280 e. The van der Waals surface area contributed by atoms with Gasteiger partial charge in [0.1, 0.15) is 0 Å². The Morgan fingerprint density at radius 1 is 1.09 bits per heavy atom. The van der Waals surface area contributed by atoms with Crippen LogP contribution in [0.25, 0.3) is 10.9 Å². The smallest absolute Gasteiger partial charge is 0.261 e. The number of sulfonamides is 1. The lowest BCUT2D eigenvalue weighted by atomic mass is 10.1. The van der Waals surface area contributed by atoms with Gasteiger partial charge in [-0.15, -0.1) is 0 Å². The van der Waals surface area contributed by atoms with Gasteiger partial charge in [0.25, 0.3) is 10.0 Å². The number of rotatable bonds is 4. The molecule has 0 bridgehead atoms. The Balaban J connectivity index is 1.61. The first-order valence-electron chi connectivity index (χ1n) is 7.18. The van der Waals surface area contributed by atoms with Crippen molar-refractivity contribution in [2.45, 2.75) is 23.7 Å². The van der Waals surface area contributed by atoms with E-state index in [9.17, 15) is 8.42 Å². The Hall–Kier alpha value is -2.34. The van der Waals surface area contributed by atoms with Crippen LogP contribution in [-0.2, 0) is 10.0 Å². The molecule has 0 aliphatic heterocycles. The van der Waals surface area contributed by atoms with E-state index < -0.39 is 10.0 Å². The number of nitrogens with zero attached hydrogens (tertiary/aromatic N) is 1. The summed E-state index contributed by atoms with van der Waals surface area (Å²) in [6, 6.07) is 12.4. The summed E-state index contributed by atoms with van der Waals surface area (Å²) in [6.45, 7) is 0. The fourth-order valence-electron chi connectivity index (χ4n) is 2.56. The van der Waals surface area contributed by atoms with Gasteiger partial charge in [0, 0.05) is 11.1 Å². The van der Waals surface area contributed by atoms with Gasteiger partial charge in [0.05, 0.1) is 16.6 Å². The summed E-state index contributed by atoms with van der Waals surface area (Å²) in [5.41, 5.74) is 2.62. The zero-order valence-corrected chi connectivity index (χ0v) is 12.6. The zero-order valence-electron chi connectivity index (χ0n) is 11.8. The number of benzene rings is 2. The molecule has 0 spiro atoms. The molecule has 6 heteroatoms. The first kappa shape index (κ1) is 13.3. The first-order valence-corrected chi connectivity index (χ1v) is 8.66. The van der Waals surface area contributed by atoms with Crippen LogP contribution in [0.15, 0.2) is 53.6 Å². The van der Waals surface area contributed by atoms with Crippen LogP contribution in [0.4, 0.5) is 5.69 Å². The highest BCUT2D eigenvalue weighted by Gasteiger charge is 2.24. The van der Waals surface area contributed by atoms with Crippen molar-refractivity contribution in [3.63, 3.8) is 0 Å². The maximum absolute atomic E-state index is 12.4. The summed E-state index contributed by atoms with van der Waals surface area (Å²) < 4.78 is 27.5. The molecule has 1 saturated carbocycles. The van der Waals surface area contributed by atoms with Crippen LogP contribution in [0.1, 0.15) is 24.3 Å². The fraction of sp³-hybridized carbons (Fsp3) is 0.188. The molecule has 1 fully saturated rings. The molecule has 2 aromatic carbocycles. The number of H-pyrrole nitrogens is 1. The van der Waals surface area contributed by atoms with E-state index in [2.05, 4.69) is 14.9 Å². The third-order valence-electron chi connectivity index (χ3n) is 3.93. The number of anilines is 1. The van der Waals surface area contributed by atoms with Gasteiger partial charge in [-0.05, 0) is 54.7 Å². The van der Waals surface area contributed by atoms with E-state index in [0.717, 1.165) is 10.9 Å². The van der Waals surface area contributed by atoms with Crippen molar-refractivity contribution in [3.8, 4) is 0 Å². The van der Waals surface area contributed by atoms with Crippen molar-refractivity contribution in [2.24, 2.45) is 0 Å². The third-order valence-corrected chi connectivity index (χ3v) is 5.33. The van der Waals surface area contributed by atoms with Crippen LogP contribution in [0, 0.1) is 0 Å². The topological polar surface area (TPSA) is 74.8 Å². The van der Waals surface area contributed by atoms with E-state index in [1.54, 1.807) is 36.5 Å². The lowest BCUT2D eigenvalue weighted by Gasteiger charge is -2.09. The van der Waals surface area contributed by atoms with E-state index in [0.29, 0.717) is 11.6 Å². The van der Waals surface area contributed by atoms with E-state index in [4.69, 9.17) is 0 Å². The predicted molar refractivity (Wildman–Crippen MR) is 85.3 cm³/mol. The molecule has 1 heterocycles. The third kappa shape index (κ3) is 2.46. The number of nitrogens with one attached hydrogen (secondary N) is 2. The summed E-state index contributed by atoms with van der Waals surface area (Å²) in [5.74, 6) is 0.619. The second-order valence-corrected chi connectivity index (χ2v) is 7.30. The molecule has 2 N–H and O–H groups in total. The second kappa shape index (κ2) is 4.84. The molecule has 0 amide bonds. The molecule has 5 nitrogen and oxygen atoms in total. The number of hydrogen-bond acceptors (Lipinski definition) is 3. The van der Waals surface area contributed by atoms with E-state index >= 15 is 0 Å². The summed E-state index contributed by atoms with van der Waals surface area (Å²) in [6.07, 6.45) is 4.07. The molecule has 22 heavy (non-hydrogen) atoms. The van der Waals surface area contributed by atoms with Crippen LogP contribution in [0.3, 0.4) is 0 Å². The number of hydrogen-bond donors (Lipinski definition) is 2. The van der Waals surface area contributed by atoms with Crippen molar-refractivity contribution in [1.29, 1.82) is 0 Å². The standard InChI is InChI=1S/C16H15N3O2S/c20-22(21,15-6-3-12(4-7-15)11-1-2-11)19-14-5-8-16-13(9-14)10-17-18-16/h3-11,19H,1-2H2,(H,17,18). The first-order chi connectivity index (χ1) is 10.6. The Bertz CT molecular complexity index is 925. The Kier molecular flexibility index (Phi) is 2.94. The van der Waals surface area contributed by atoms with E-state index in [1.165, 1.54) is 18.4 Å². The van der Waals surface area contributed by atoms with Crippen LogP contribution in [0.5, 0.6) is 0 Å². The minimum Gasteiger partial charge on any atom is -0.280 e. The maximum Gasteiger partial charge on any atom is 0.261 e. The Labute approximate surface area is 128 Å². The van der Waals surface area contributed by atoms with Crippen LogP contribution >= 0.6 is 0 Å².